The van der Waals surface area contributed by atoms with Crippen molar-refractivity contribution in [2.45, 2.75) is 0 Å². The van der Waals surface area contributed by atoms with Gasteiger partial charge in [-0.2, -0.15) is 0 Å². The average Bonchev–Trinajstić information content (AvgIpc) is 2.58. The van der Waals surface area contributed by atoms with Gasteiger partial charge >= 0.3 is 0 Å². The number of rotatable bonds is 2. The maximum atomic E-state index is 8.67. The summed E-state index contributed by atoms with van der Waals surface area (Å²) < 4.78 is 0. The van der Waals surface area contributed by atoms with E-state index in [1.165, 1.54) is 12.1 Å². The van der Waals surface area contributed by atoms with Crippen LogP contribution in [0.25, 0.3) is 12.2 Å². The third-order valence-electron chi connectivity index (χ3n) is 2.76. The van der Waals surface area contributed by atoms with Gasteiger partial charge in [0.15, 0.2) is 11.5 Å². The molecule has 3 rings (SSSR count). The van der Waals surface area contributed by atoms with Crippen molar-refractivity contribution in [1.82, 2.24) is 9.97 Å². The molecule has 0 saturated carbocycles. The van der Waals surface area contributed by atoms with Crippen LogP contribution in [-0.4, -0.2) is 20.2 Å². The van der Waals surface area contributed by atoms with E-state index >= 15 is 0 Å². The molecule has 22 heavy (non-hydrogen) atoms. The van der Waals surface area contributed by atoms with Gasteiger partial charge < -0.3 is 10.2 Å². The Morgan fingerprint density at radius 3 is 1.27 bits per heavy atom. The lowest BCUT2D eigenvalue weighted by Gasteiger charge is -1.92. The van der Waals surface area contributed by atoms with Crippen molar-refractivity contribution >= 4 is 12.2 Å². The van der Waals surface area contributed by atoms with Crippen molar-refractivity contribution in [3.63, 3.8) is 0 Å². The van der Waals surface area contributed by atoms with E-state index in [2.05, 4.69) is 22.1 Å². The molecule has 0 atom stereocenters. The fourth-order valence-corrected chi connectivity index (χ4v) is 1.61. The molecule has 0 amide bonds. The van der Waals surface area contributed by atoms with Crippen molar-refractivity contribution in [2.75, 3.05) is 0 Å². The van der Waals surface area contributed by atoms with Crippen molar-refractivity contribution in [2.24, 2.45) is 0 Å². The lowest BCUT2D eigenvalue weighted by molar-refractivity contribution is 0.404. The molecule has 0 aliphatic heterocycles. The number of phenolic OH excluding ortho intramolecular Hbond substituents is 2. The summed E-state index contributed by atoms with van der Waals surface area (Å²) >= 11 is 0. The first-order valence-corrected chi connectivity index (χ1v) is 6.71. The first-order chi connectivity index (χ1) is 10.8. The minimum Gasteiger partial charge on any atom is -0.504 e. The molecule has 0 saturated heterocycles. The second-order valence-corrected chi connectivity index (χ2v) is 4.38. The molecule has 2 heterocycles. The number of benzene rings is 1. The second kappa shape index (κ2) is 8.21. The predicted molar refractivity (Wildman–Crippen MR) is 87.2 cm³/mol. The zero-order chi connectivity index (χ0) is 15.6. The minimum atomic E-state index is -0.0764. The van der Waals surface area contributed by atoms with Crippen LogP contribution in [0.5, 0.6) is 11.5 Å². The van der Waals surface area contributed by atoms with Crippen LogP contribution in [0.1, 0.15) is 11.1 Å². The highest BCUT2D eigenvalue weighted by atomic mass is 16.3. The van der Waals surface area contributed by atoms with Crippen LogP contribution in [0, 0.1) is 0 Å². The molecule has 0 radical (unpaired) electrons. The molecule has 2 aromatic heterocycles. The van der Waals surface area contributed by atoms with Gasteiger partial charge in [-0.05, 0) is 47.5 Å². The number of hydrogen-bond donors (Lipinski definition) is 2. The molecule has 0 spiro atoms. The number of para-hydroxylation sites is 2. The Labute approximate surface area is 129 Å². The van der Waals surface area contributed by atoms with E-state index in [1.54, 1.807) is 36.9 Å². The van der Waals surface area contributed by atoms with Crippen LogP contribution >= 0.6 is 0 Å². The fourth-order valence-electron chi connectivity index (χ4n) is 1.61. The molecule has 3 aromatic rings. The molecule has 4 heteroatoms. The van der Waals surface area contributed by atoms with Gasteiger partial charge in [-0.25, -0.2) is 0 Å². The number of pyridine rings is 2. The quantitative estimate of drug-likeness (QED) is 0.706. The van der Waals surface area contributed by atoms with E-state index < -0.39 is 0 Å². The Morgan fingerprint density at radius 2 is 0.955 bits per heavy atom. The van der Waals surface area contributed by atoms with E-state index in [1.807, 2.05) is 24.3 Å². The largest absolute Gasteiger partial charge is 0.504 e. The average molecular weight is 292 g/mol. The Bertz CT molecular complexity index is 651. The van der Waals surface area contributed by atoms with Gasteiger partial charge in [0.2, 0.25) is 0 Å². The highest BCUT2D eigenvalue weighted by molar-refractivity contribution is 5.68. The van der Waals surface area contributed by atoms with Crippen LogP contribution < -0.4 is 0 Å². The van der Waals surface area contributed by atoms with Gasteiger partial charge in [-0.15, -0.1) is 0 Å². The number of aromatic nitrogens is 2. The third kappa shape index (κ3) is 5.09. The number of aromatic hydroxyl groups is 2. The van der Waals surface area contributed by atoms with E-state index in [-0.39, 0.29) is 11.5 Å². The van der Waals surface area contributed by atoms with Crippen molar-refractivity contribution in [1.29, 1.82) is 0 Å². The van der Waals surface area contributed by atoms with E-state index in [0.717, 1.165) is 11.1 Å². The number of nitrogens with zero attached hydrogens (tertiary/aromatic N) is 2. The van der Waals surface area contributed by atoms with Crippen molar-refractivity contribution < 1.29 is 10.2 Å². The standard InChI is InChI=1S/C12H10N2.C6H6O2/c1(11-3-7-13-8-4-11)2-12-5-9-14-10-6-12;7-5-3-1-2-4-6(5)8/h1-10H;1-4,7-8H. The summed E-state index contributed by atoms with van der Waals surface area (Å²) in [5, 5.41) is 17.3. The summed E-state index contributed by atoms with van der Waals surface area (Å²) in [6.45, 7) is 0. The highest BCUT2D eigenvalue weighted by Crippen LogP contribution is 2.21. The molecular formula is C18H16N2O2. The summed E-state index contributed by atoms with van der Waals surface area (Å²) in [4.78, 5) is 7.91. The van der Waals surface area contributed by atoms with E-state index in [4.69, 9.17) is 10.2 Å². The summed E-state index contributed by atoms with van der Waals surface area (Å²) in [7, 11) is 0. The summed E-state index contributed by atoms with van der Waals surface area (Å²) in [5.74, 6) is -0.153. The molecule has 110 valence electrons. The lowest BCUT2D eigenvalue weighted by atomic mass is 10.2. The molecule has 0 unspecified atom stereocenters. The molecule has 0 aliphatic rings. The minimum absolute atomic E-state index is 0.0764. The molecule has 4 nitrogen and oxygen atoms in total. The Morgan fingerprint density at radius 1 is 0.591 bits per heavy atom. The first-order valence-electron chi connectivity index (χ1n) is 6.71. The first kappa shape index (κ1) is 15.3. The van der Waals surface area contributed by atoms with Crippen LogP contribution in [0.2, 0.25) is 0 Å². The predicted octanol–water partition coefficient (Wildman–Crippen LogP) is 3.74. The summed E-state index contributed by atoms with van der Waals surface area (Å²) in [6, 6.07) is 14.0. The van der Waals surface area contributed by atoms with Crippen LogP contribution in [-0.2, 0) is 0 Å². The molecular weight excluding hydrogens is 276 g/mol. The molecule has 1 aromatic carbocycles. The maximum Gasteiger partial charge on any atom is 0.157 e. The smallest absolute Gasteiger partial charge is 0.157 e. The molecule has 0 fully saturated rings. The van der Waals surface area contributed by atoms with Gasteiger partial charge in [-0.3, -0.25) is 9.97 Å². The highest BCUT2D eigenvalue weighted by Gasteiger charge is 1.90. The lowest BCUT2D eigenvalue weighted by Crippen LogP contribution is -1.74. The second-order valence-electron chi connectivity index (χ2n) is 4.38. The van der Waals surface area contributed by atoms with Crippen LogP contribution in [0.15, 0.2) is 73.3 Å². The zero-order valence-corrected chi connectivity index (χ0v) is 11.9. The number of phenols is 2. The Kier molecular flexibility index (Phi) is 5.70. The van der Waals surface area contributed by atoms with Crippen LogP contribution in [0.4, 0.5) is 0 Å². The zero-order valence-electron chi connectivity index (χ0n) is 11.9. The SMILES string of the molecule is C(=Cc1ccncc1)c1ccncc1.Oc1ccccc1O. The van der Waals surface area contributed by atoms with Crippen molar-refractivity contribution in [3.05, 3.63) is 84.4 Å². The molecule has 2 N–H and O–H groups in total. The summed E-state index contributed by atoms with van der Waals surface area (Å²) in [5.41, 5.74) is 2.30. The topological polar surface area (TPSA) is 66.2 Å². The van der Waals surface area contributed by atoms with Gasteiger partial charge in [0, 0.05) is 24.8 Å². The Hall–Kier alpha value is -3.14. The van der Waals surface area contributed by atoms with Gasteiger partial charge in [0.25, 0.3) is 0 Å². The van der Waals surface area contributed by atoms with Crippen molar-refractivity contribution in [3.8, 4) is 11.5 Å². The van der Waals surface area contributed by atoms with Gasteiger partial charge in [-0.1, -0.05) is 24.3 Å². The van der Waals surface area contributed by atoms with E-state index in [0.29, 0.717) is 0 Å². The summed E-state index contributed by atoms with van der Waals surface area (Å²) in [6.07, 6.45) is 11.2. The fraction of sp³-hybridized carbons (Fsp3) is 0. The normalized spacial score (nSPS) is 10.0. The Balaban J connectivity index is 0.000000188. The van der Waals surface area contributed by atoms with Gasteiger partial charge in [0.1, 0.15) is 0 Å². The maximum absolute atomic E-state index is 8.67. The monoisotopic (exact) mass is 292 g/mol. The van der Waals surface area contributed by atoms with Gasteiger partial charge in [0.05, 0.1) is 0 Å². The van der Waals surface area contributed by atoms with E-state index in [9.17, 15) is 0 Å². The van der Waals surface area contributed by atoms with Crippen LogP contribution in [0.3, 0.4) is 0 Å². The molecule has 0 aliphatic carbocycles. The third-order valence-corrected chi connectivity index (χ3v) is 2.76. The number of hydrogen-bond acceptors (Lipinski definition) is 4. The molecule has 0 bridgehead atoms.